The molecule has 0 spiro atoms. The van der Waals surface area contributed by atoms with Gasteiger partial charge >= 0.3 is 6.09 Å². The molecule has 1 rings (SSSR count). The first kappa shape index (κ1) is 13.7. The van der Waals surface area contributed by atoms with E-state index in [-0.39, 0.29) is 12.8 Å². The van der Waals surface area contributed by atoms with Gasteiger partial charge in [0.15, 0.2) is 0 Å². The lowest BCUT2D eigenvalue weighted by molar-refractivity contribution is 0.0530. The molecule has 0 unspecified atom stereocenters. The highest BCUT2D eigenvalue weighted by Gasteiger charge is 2.19. The number of hydrogen-bond donors (Lipinski definition) is 0. The molecule has 0 saturated heterocycles. The van der Waals surface area contributed by atoms with E-state index in [1.807, 2.05) is 0 Å². The summed E-state index contributed by atoms with van der Waals surface area (Å²) in [5.74, 6) is 0. The van der Waals surface area contributed by atoms with Crippen molar-refractivity contribution in [2.24, 2.45) is 0 Å². The van der Waals surface area contributed by atoms with Gasteiger partial charge in [0.25, 0.3) is 0 Å². The van der Waals surface area contributed by atoms with Crippen molar-refractivity contribution in [3.63, 3.8) is 0 Å². The SMILES string of the molecule is CC(C)(C)OC(=O)n1cccc1CCC(F)F. The number of hydrogen-bond acceptors (Lipinski definition) is 2. The molecule has 0 aliphatic heterocycles. The van der Waals surface area contributed by atoms with Crippen molar-refractivity contribution in [3.05, 3.63) is 24.0 Å². The van der Waals surface area contributed by atoms with Crippen LogP contribution in [0, 0.1) is 0 Å². The van der Waals surface area contributed by atoms with Crippen LogP contribution in [0.25, 0.3) is 0 Å². The maximum atomic E-state index is 12.1. The third-order valence-corrected chi connectivity index (χ3v) is 2.04. The maximum Gasteiger partial charge on any atom is 0.418 e. The van der Waals surface area contributed by atoms with Gasteiger partial charge in [-0.1, -0.05) is 0 Å². The van der Waals surface area contributed by atoms with Crippen LogP contribution >= 0.6 is 0 Å². The van der Waals surface area contributed by atoms with Crippen LogP contribution in [-0.4, -0.2) is 22.7 Å². The second-order valence-corrected chi connectivity index (χ2v) is 4.78. The van der Waals surface area contributed by atoms with Crippen molar-refractivity contribution < 1.29 is 18.3 Å². The molecule has 1 heterocycles. The summed E-state index contributed by atoms with van der Waals surface area (Å²) in [6.45, 7) is 5.27. The molecule has 0 aliphatic rings. The van der Waals surface area contributed by atoms with E-state index in [1.165, 1.54) is 10.8 Å². The lowest BCUT2D eigenvalue weighted by atomic mass is 10.2. The van der Waals surface area contributed by atoms with Gasteiger partial charge in [-0.2, -0.15) is 0 Å². The first-order chi connectivity index (χ1) is 7.79. The van der Waals surface area contributed by atoms with Gasteiger partial charge in [0.2, 0.25) is 6.43 Å². The molecule has 0 bridgehead atoms. The van der Waals surface area contributed by atoms with Crippen molar-refractivity contribution in [1.29, 1.82) is 0 Å². The van der Waals surface area contributed by atoms with Crippen LogP contribution in [0.4, 0.5) is 13.6 Å². The zero-order valence-corrected chi connectivity index (χ0v) is 10.2. The summed E-state index contributed by atoms with van der Waals surface area (Å²) in [6, 6.07) is 3.29. The molecule has 0 saturated carbocycles. The molecule has 0 amide bonds. The molecular weight excluding hydrogens is 228 g/mol. The van der Waals surface area contributed by atoms with Crippen LogP contribution in [0.3, 0.4) is 0 Å². The highest BCUT2D eigenvalue weighted by molar-refractivity contribution is 5.72. The smallest absolute Gasteiger partial charge is 0.418 e. The summed E-state index contributed by atoms with van der Waals surface area (Å²) in [7, 11) is 0. The predicted molar refractivity (Wildman–Crippen MR) is 60.4 cm³/mol. The standard InChI is InChI=1S/C12H17F2NO2/c1-12(2,3)17-11(16)15-8-4-5-9(15)6-7-10(13)14/h4-5,8,10H,6-7H2,1-3H3. The van der Waals surface area contributed by atoms with Crippen LogP contribution in [0.2, 0.25) is 0 Å². The molecule has 1 aromatic rings. The third-order valence-electron chi connectivity index (χ3n) is 2.04. The van der Waals surface area contributed by atoms with E-state index >= 15 is 0 Å². The molecule has 17 heavy (non-hydrogen) atoms. The number of halogens is 2. The Morgan fingerprint density at radius 3 is 2.65 bits per heavy atom. The molecule has 0 aromatic carbocycles. The maximum absolute atomic E-state index is 12.1. The Kier molecular flexibility index (Phi) is 4.26. The minimum atomic E-state index is -2.36. The summed E-state index contributed by atoms with van der Waals surface area (Å²) in [4.78, 5) is 11.7. The Balaban J connectivity index is 2.71. The number of aromatic nitrogens is 1. The zero-order chi connectivity index (χ0) is 13.1. The van der Waals surface area contributed by atoms with Gasteiger partial charge in [-0.15, -0.1) is 0 Å². The van der Waals surface area contributed by atoms with Crippen molar-refractivity contribution in [1.82, 2.24) is 4.57 Å². The molecule has 0 atom stereocenters. The Bertz CT molecular complexity index is 380. The van der Waals surface area contributed by atoms with E-state index in [1.54, 1.807) is 32.9 Å². The zero-order valence-electron chi connectivity index (χ0n) is 10.2. The van der Waals surface area contributed by atoms with E-state index < -0.39 is 18.1 Å². The van der Waals surface area contributed by atoms with Crippen molar-refractivity contribution >= 4 is 6.09 Å². The lowest BCUT2D eigenvalue weighted by Crippen LogP contribution is -2.27. The number of carbonyl (C=O) groups excluding carboxylic acids is 1. The Labute approximate surface area is 99.4 Å². The van der Waals surface area contributed by atoms with Crippen molar-refractivity contribution in [3.8, 4) is 0 Å². The first-order valence-corrected chi connectivity index (χ1v) is 5.47. The molecule has 96 valence electrons. The largest absolute Gasteiger partial charge is 0.443 e. The van der Waals surface area contributed by atoms with E-state index in [4.69, 9.17) is 4.74 Å². The van der Waals surface area contributed by atoms with Crippen LogP contribution < -0.4 is 0 Å². The molecular formula is C12H17F2NO2. The third kappa shape index (κ3) is 4.54. The van der Waals surface area contributed by atoms with Crippen molar-refractivity contribution in [2.45, 2.75) is 45.6 Å². The average molecular weight is 245 g/mol. The molecule has 1 aromatic heterocycles. The van der Waals surface area contributed by atoms with E-state index in [0.29, 0.717) is 5.69 Å². The van der Waals surface area contributed by atoms with Gasteiger partial charge in [-0.05, 0) is 39.3 Å². The van der Waals surface area contributed by atoms with Crippen LogP contribution in [0.5, 0.6) is 0 Å². The predicted octanol–water partition coefficient (Wildman–Crippen LogP) is 3.47. The van der Waals surface area contributed by atoms with Gasteiger partial charge in [0, 0.05) is 18.3 Å². The van der Waals surface area contributed by atoms with Crippen LogP contribution in [-0.2, 0) is 11.2 Å². The lowest BCUT2D eigenvalue weighted by Gasteiger charge is -2.20. The molecule has 0 N–H and O–H groups in total. The number of ether oxygens (including phenoxy) is 1. The van der Waals surface area contributed by atoms with Crippen LogP contribution in [0.1, 0.15) is 32.9 Å². The second-order valence-electron chi connectivity index (χ2n) is 4.78. The number of carbonyl (C=O) groups is 1. The highest BCUT2D eigenvalue weighted by atomic mass is 19.3. The van der Waals surface area contributed by atoms with Gasteiger partial charge < -0.3 is 4.74 Å². The molecule has 0 fully saturated rings. The normalized spacial score (nSPS) is 11.9. The topological polar surface area (TPSA) is 31.2 Å². The van der Waals surface area contributed by atoms with E-state index in [9.17, 15) is 13.6 Å². The number of nitrogens with zero attached hydrogens (tertiary/aromatic N) is 1. The highest BCUT2D eigenvalue weighted by Crippen LogP contribution is 2.13. The van der Waals surface area contributed by atoms with Crippen molar-refractivity contribution in [2.75, 3.05) is 0 Å². The summed E-state index contributed by atoms with van der Waals surface area (Å²) in [5, 5.41) is 0. The minimum absolute atomic E-state index is 0.157. The molecule has 0 radical (unpaired) electrons. The summed E-state index contributed by atoms with van der Waals surface area (Å²) >= 11 is 0. The number of rotatable bonds is 3. The fraction of sp³-hybridized carbons (Fsp3) is 0.583. The minimum Gasteiger partial charge on any atom is -0.443 e. The van der Waals surface area contributed by atoms with E-state index in [2.05, 4.69) is 0 Å². The summed E-state index contributed by atoms with van der Waals surface area (Å²) in [5.41, 5.74) is -0.0546. The first-order valence-electron chi connectivity index (χ1n) is 5.47. The fourth-order valence-electron chi connectivity index (χ4n) is 1.37. The fourth-order valence-corrected chi connectivity index (χ4v) is 1.37. The van der Waals surface area contributed by atoms with Gasteiger partial charge in [-0.3, -0.25) is 4.57 Å². The average Bonchev–Trinajstić information content (AvgIpc) is 2.59. The number of aryl methyl sites for hydroxylation is 1. The Hall–Kier alpha value is -1.39. The molecule has 5 heteroatoms. The Morgan fingerprint density at radius 2 is 2.12 bits per heavy atom. The monoisotopic (exact) mass is 245 g/mol. The molecule has 0 aliphatic carbocycles. The van der Waals surface area contributed by atoms with E-state index in [0.717, 1.165) is 0 Å². The van der Waals surface area contributed by atoms with Gasteiger partial charge in [0.05, 0.1) is 0 Å². The number of alkyl halides is 2. The molecule has 3 nitrogen and oxygen atoms in total. The Morgan fingerprint density at radius 1 is 1.47 bits per heavy atom. The second kappa shape index (κ2) is 5.29. The quantitative estimate of drug-likeness (QED) is 0.816. The van der Waals surface area contributed by atoms with Crippen LogP contribution in [0.15, 0.2) is 18.3 Å². The van der Waals surface area contributed by atoms with Gasteiger partial charge in [0.1, 0.15) is 5.60 Å². The van der Waals surface area contributed by atoms with Gasteiger partial charge in [-0.25, -0.2) is 13.6 Å². The summed E-state index contributed by atoms with van der Waals surface area (Å²) < 4.78 is 30.6. The summed E-state index contributed by atoms with van der Waals surface area (Å²) in [6.07, 6.45) is -1.48.